The normalized spacial score (nSPS) is 40.9. The predicted molar refractivity (Wildman–Crippen MR) is 102 cm³/mol. The van der Waals surface area contributed by atoms with Crippen molar-refractivity contribution in [3.8, 4) is 0 Å². The lowest BCUT2D eigenvalue weighted by Crippen LogP contribution is -2.69. The van der Waals surface area contributed by atoms with Crippen molar-refractivity contribution in [2.24, 2.45) is 34.0 Å². The molecule has 2 saturated carbocycles. The lowest BCUT2D eigenvalue weighted by molar-refractivity contribution is -0.384. The SMILES string of the molecule is O=[N+]([O-])c1ccc(N2N=N[C@@H]3[C@H]4C[C@@H]([C@@H]5C=CC[C@@H]54)[C@]32N2CCOCC2)cc1. The Morgan fingerprint density at radius 1 is 1.18 bits per heavy atom. The molecule has 1 aromatic rings. The summed E-state index contributed by atoms with van der Waals surface area (Å²) in [6.45, 7) is 3.19. The number of allylic oxidation sites excluding steroid dienone is 2. The van der Waals surface area contributed by atoms with E-state index in [4.69, 9.17) is 9.85 Å². The van der Waals surface area contributed by atoms with Crippen molar-refractivity contribution < 1.29 is 9.66 Å². The summed E-state index contributed by atoms with van der Waals surface area (Å²) in [6, 6.07) is 6.92. The van der Waals surface area contributed by atoms with Crippen molar-refractivity contribution in [1.82, 2.24) is 4.90 Å². The molecule has 28 heavy (non-hydrogen) atoms. The number of nitrogens with zero attached hydrogens (tertiary/aromatic N) is 5. The third kappa shape index (κ3) is 1.97. The molecule has 5 aliphatic rings. The van der Waals surface area contributed by atoms with Crippen LogP contribution in [0, 0.1) is 33.8 Å². The van der Waals surface area contributed by atoms with E-state index in [-0.39, 0.29) is 22.3 Å². The summed E-state index contributed by atoms with van der Waals surface area (Å²) in [5.74, 6) is 2.29. The highest BCUT2D eigenvalue weighted by Crippen LogP contribution is 2.66. The minimum Gasteiger partial charge on any atom is -0.379 e. The molecule has 2 heterocycles. The van der Waals surface area contributed by atoms with Crippen LogP contribution < -0.4 is 5.01 Å². The highest BCUT2D eigenvalue weighted by Gasteiger charge is 2.72. The Kier molecular flexibility index (Phi) is 3.47. The molecule has 1 saturated heterocycles. The molecule has 8 nitrogen and oxygen atoms in total. The third-order valence-corrected chi connectivity index (χ3v) is 7.62. The smallest absolute Gasteiger partial charge is 0.269 e. The first-order valence-electron chi connectivity index (χ1n) is 10.2. The molecule has 6 atom stereocenters. The number of fused-ring (bicyclic) bond motifs is 8. The number of benzene rings is 1. The summed E-state index contributed by atoms with van der Waals surface area (Å²) in [5.41, 5.74) is 0.707. The van der Waals surface area contributed by atoms with Gasteiger partial charge in [-0.15, -0.1) is 0 Å². The van der Waals surface area contributed by atoms with Crippen molar-refractivity contribution in [2.75, 3.05) is 31.3 Å². The van der Waals surface area contributed by atoms with Crippen LogP contribution in [0.2, 0.25) is 0 Å². The van der Waals surface area contributed by atoms with Crippen LogP contribution in [0.1, 0.15) is 12.8 Å². The Hall–Kier alpha value is -2.32. The van der Waals surface area contributed by atoms with Crippen LogP contribution in [0.25, 0.3) is 0 Å². The Morgan fingerprint density at radius 2 is 1.96 bits per heavy atom. The molecule has 0 unspecified atom stereocenters. The molecule has 3 aliphatic carbocycles. The highest BCUT2D eigenvalue weighted by atomic mass is 16.6. The quantitative estimate of drug-likeness (QED) is 0.457. The molecule has 0 spiro atoms. The molecule has 0 radical (unpaired) electrons. The van der Waals surface area contributed by atoms with Gasteiger partial charge in [-0.25, -0.2) is 5.01 Å². The van der Waals surface area contributed by atoms with Gasteiger partial charge >= 0.3 is 0 Å². The summed E-state index contributed by atoms with van der Waals surface area (Å²) in [5, 5.41) is 22.6. The molecule has 2 bridgehead atoms. The second-order valence-corrected chi connectivity index (χ2v) is 8.53. The standard InChI is InChI=1S/C20H23N5O3/c26-25(27)14-6-4-13(5-7-14)24-20(23-8-10-28-11-9-23)18-12-17(19(20)21-22-24)15-2-1-3-16(15)18/h1,3-7,15-19H,2,8-12H2/t15-,16+,17-,18-,19+,20+/m0/s1. The first kappa shape index (κ1) is 16.6. The van der Waals surface area contributed by atoms with Crippen LogP contribution in [0.4, 0.5) is 11.4 Å². The maximum Gasteiger partial charge on any atom is 0.269 e. The van der Waals surface area contributed by atoms with E-state index in [1.54, 1.807) is 12.1 Å². The Bertz CT molecular complexity index is 865. The van der Waals surface area contributed by atoms with Gasteiger partial charge in [0.1, 0.15) is 11.7 Å². The van der Waals surface area contributed by atoms with E-state index >= 15 is 0 Å². The average Bonchev–Trinajstić information content (AvgIpc) is 3.46. The highest BCUT2D eigenvalue weighted by molar-refractivity contribution is 5.55. The number of anilines is 1. The first-order valence-corrected chi connectivity index (χ1v) is 10.2. The fourth-order valence-corrected chi connectivity index (χ4v) is 6.65. The molecule has 2 aliphatic heterocycles. The van der Waals surface area contributed by atoms with Crippen LogP contribution in [0.3, 0.4) is 0 Å². The van der Waals surface area contributed by atoms with E-state index in [0.29, 0.717) is 23.7 Å². The monoisotopic (exact) mass is 381 g/mol. The molecule has 146 valence electrons. The van der Waals surface area contributed by atoms with Crippen molar-refractivity contribution in [3.05, 3.63) is 46.5 Å². The number of ether oxygens (including phenoxy) is 1. The number of nitro groups is 1. The molecular weight excluding hydrogens is 358 g/mol. The van der Waals surface area contributed by atoms with Crippen molar-refractivity contribution in [3.63, 3.8) is 0 Å². The van der Waals surface area contributed by atoms with E-state index < -0.39 is 0 Å². The molecule has 8 heteroatoms. The van der Waals surface area contributed by atoms with E-state index in [2.05, 4.69) is 27.3 Å². The van der Waals surface area contributed by atoms with Crippen LogP contribution in [-0.4, -0.2) is 47.8 Å². The van der Waals surface area contributed by atoms with Crippen molar-refractivity contribution in [1.29, 1.82) is 0 Å². The third-order valence-electron chi connectivity index (χ3n) is 7.62. The minimum atomic E-state index is -0.360. The van der Waals surface area contributed by atoms with Crippen LogP contribution in [0.15, 0.2) is 46.8 Å². The van der Waals surface area contributed by atoms with Gasteiger partial charge in [-0.1, -0.05) is 17.4 Å². The maximum atomic E-state index is 11.1. The summed E-state index contributed by atoms with van der Waals surface area (Å²) in [4.78, 5) is 13.3. The molecule has 1 aromatic carbocycles. The maximum absolute atomic E-state index is 11.1. The van der Waals surface area contributed by atoms with Crippen molar-refractivity contribution in [2.45, 2.75) is 24.5 Å². The minimum absolute atomic E-state index is 0.101. The zero-order valence-electron chi connectivity index (χ0n) is 15.6. The van der Waals surface area contributed by atoms with Gasteiger partial charge in [-0.05, 0) is 42.7 Å². The van der Waals surface area contributed by atoms with Crippen LogP contribution >= 0.6 is 0 Å². The number of rotatable bonds is 3. The van der Waals surface area contributed by atoms with Gasteiger partial charge in [-0.3, -0.25) is 15.0 Å². The first-order chi connectivity index (χ1) is 13.7. The second kappa shape index (κ2) is 5.84. The van der Waals surface area contributed by atoms with Gasteiger partial charge in [0.25, 0.3) is 5.69 Å². The van der Waals surface area contributed by atoms with E-state index in [1.807, 2.05) is 12.1 Å². The van der Waals surface area contributed by atoms with Gasteiger partial charge in [0.05, 0.1) is 23.8 Å². The fourth-order valence-electron chi connectivity index (χ4n) is 6.65. The molecule has 6 rings (SSSR count). The van der Waals surface area contributed by atoms with Gasteiger partial charge in [-0.2, -0.15) is 5.11 Å². The average molecular weight is 381 g/mol. The molecule has 0 amide bonds. The van der Waals surface area contributed by atoms with Crippen LogP contribution in [0.5, 0.6) is 0 Å². The molecular formula is C20H23N5O3. The molecule has 0 aromatic heterocycles. The fraction of sp³-hybridized carbons (Fsp3) is 0.600. The van der Waals surface area contributed by atoms with Crippen molar-refractivity contribution >= 4 is 11.4 Å². The van der Waals surface area contributed by atoms with E-state index in [1.165, 1.54) is 6.42 Å². The number of nitro benzene ring substituents is 1. The Balaban J connectivity index is 1.45. The summed E-state index contributed by atoms with van der Waals surface area (Å²) in [6.07, 6.45) is 7.11. The Morgan fingerprint density at radius 3 is 2.71 bits per heavy atom. The number of hydrogen-bond donors (Lipinski definition) is 0. The summed E-state index contributed by atoms with van der Waals surface area (Å²) < 4.78 is 5.64. The summed E-state index contributed by atoms with van der Waals surface area (Å²) in [7, 11) is 0. The summed E-state index contributed by atoms with van der Waals surface area (Å²) >= 11 is 0. The van der Waals surface area contributed by atoms with Gasteiger partial charge < -0.3 is 4.74 Å². The van der Waals surface area contributed by atoms with Gasteiger partial charge in [0.2, 0.25) is 0 Å². The van der Waals surface area contributed by atoms with E-state index in [0.717, 1.165) is 38.4 Å². The largest absolute Gasteiger partial charge is 0.379 e. The predicted octanol–water partition coefficient (Wildman–Crippen LogP) is 3.02. The lowest BCUT2D eigenvalue weighted by Gasteiger charge is -2.53. The number of non-ortho nitro benzene ring substituents is 1. The Labute approximate surface area is 163 Å². The molecule has 0 N–H and O–H groups in total. The zero-order valence-corrected chi connectivity index (χ0v) is 15.6. The zero-order chi connectivity index (χ0) is 18.9. The number of morpholine rings is 1. The van der Waals surface area contributed by atoms with Gasteiger partial charge in [0, 0.05) is 31.1 Å². The number of hydrogen-bond acceptors (Lipinski definition) is 7. The van der Waals surface area contributed by atoms with E-state index in [9.17, 15) is 10.1 Å². The van der Waals surface area contributed by atoms with Gasteiger partial charge in [0.15, 0.2) is 0 Å². The topological polar surface area (TPSA) is 83.6 Å². The second-order valence-electron chi connectivity index (χ2n) is 8.53. The van der Waals surface area contributed by atoms with Crippen LogP contribution in [-0.2, 0) is 4.74 Å². The lowest BCUT2D eigenvalue weighted by atomic mass is 9.71. The molecule has 3 fully saturated rings.